The van der Waals surface area contributed by atoms with E-state index in [1.807, 2.05) is 0 Å². The second-order valence-corrected chi connectivity index (χ2v) is 4.85. The molecule has 0 unspecified atom stereocenters. The summed E-state index contributed by atoms with van der Waals surface area (Å²) in [4.78, 5) is 23.6. The Hall–Kier alpha value is -1.98. The number of anilines is 1. The third-order valence-corrected chi connectivity index (χ3v) is 4.06. The number of fused-ring (bicyclic) bond motifs is 2. The van der Waals surface area contributed by atoms with Gasteiger partial charge in [-0.1, -0.05) is 6.42 Å². The number of nitrogens with zero attached hydrogens (tertiary/aromatic N) is 2. The first-order chi connectivity index (χ1) is 8.49. The van der Waals surface area contributed by atoms with Crippen molar-refractivity contribution in [2.75, 3.05) is 11.9 Å². The van der Waals surface area contributed by atoms with E-state index in [0.717, 1.165) is 12.5 Å². The molecule has 1 saturated carbocycles. The third-order valence-electron chi connectivity index (χ3n) is 4.06. The van der Waals surface area contributed by atoms with Gasteiger partial charge in [-0.2, -0.15) is 4.39 Å². The molecule has 94 valence electrons. The molecule has 1 aliphatic carbocycles. The quantitative estimate of drug-likeness (QED) is 0.566. The van der Waals surface area contributed by atoms with Crippen LogP contribution in [0.3, 0.4) is 0 Å². The van der Waals surface area contributed by atoms with Gasteiger partial charge in [0, 0.05) is 18.7 Å². The minimum atomic E-state index is -0.852. The fourth-order valence-electron chi connectivity index (χ4n) is 2.96. The summed E-state index contributed by atoms with van der Waals surface area (Å²) in [5, 5.41) is 10.8. The number of nitro groups is 1. The lowest BCUT2D eigenvalue weighted by atomic mass is 9.65. The van der Waals surface area contributed by atoms with Crippen LogP contribution in [0.4, 0.5) is 15.8 Å². The summed E-state index contributed by atoms with van der Waals surface area (Å²) in [5.41, 5.74) is -0.721. The van der Waals surface area contributed by atoms with Gasteiger partial charge >= 0.3 is 5.69 Å². The van der Waals surface area contributed by atoms with E-state index in [2.05, 4.69) is 0 Å². The van der Waals surface area contributed by atoms with Crippen LogP contribution >= 0.6 is 0 Å². The number of rotatable bonds is 1. The van der Waals surface area contributed by atoms with E-state index in [1.165, 1.54) is 11.0 Å². The second-order valence-electron chi connectivity index (χ2n) is 4.85. The molecule has 3 rings (SSSR count). The maximum absolute atomic E-state index is 14.3. The number of nitro benzene ring substituents is 1. The SMILES string of the molecule is CN1C(=O)C2(CCC2)c2c1ccc([N+](=O)[O-])c2F. The molecule has 0 radical (unpaired) electrons. The molecule has 1 spiro atoms. The van der Waals surface area contributed by atoms with Crippen molar-refractivity contribution in [2.24, 2.45) is 0 Å². The van der Waals surface area contributed by atoms with E-state index < -0.39 is 21.8 Å². The van der Waals surface area contributed by atoms with Crippen LogP contribution in [0.2, 0.25) is 0 Å². The monoisotopic (exact) mass is 250 g/mol. The van der Waals surface area contributed by atoms with Gasteiger partial charge in [0.25, 0.3) is 0 Å². The van der Waals surface area contributed by atoms with E-state index in [0.29, 0.717) is 18.5 Å². The lowest BCUT2D eigenvalue weighted by Gasteiger charge is -2.36. The van der Waals surface area contributed by atoms with Crippen LogP contribution < -0.4 is 4.90 Å². The summed E-state index contributed by atoms with van der Waals surface area (Å²) in [7, 11) is 1.58. The molecule has 0 aromatic heterocycles. The average Bonchev–Trinajstić information content (AvgIpc) is 2.49. The van der Waals surface area contributed by atoms with Gasteiger partial charge in [-0.15, -0.1) is 0 Å². The Balaban J connectivity index is 2.28. The van der Waals surface area contributed by atoms with Crippen LogP contribution in [0.25, 0.3) is 0 Å². The van der Waals surface area contributed by atoms with Crippen molar-refractivity contribution in [3.05, 3.63) is 33.6 Å². The van der Waals surface area contributed by atoms with E-state index in [-0.39, 0.29) is 11.5 Å². The van der Waals surface area contributed by atoms with Crippen LogP contribution in [0.1, 0.15) is 24.8 Å². The molecular formula is C12H11FN2O3. The topological polar surface area (TPSA) is 63.5 Å². The average molecular weight is 250 g/mol. The van der Waals surface area contributed by atoms with Gasteiger partial charge in [-0.05, 0) is 18.9 Å². The molecule has 0 saturated heterocycles. The molecule has 1 heterocycles. The smallest absolute Gasteiger partial charge is 0.305 e. The number of hydrogen-bond donors (Lipinski definition) is 0. The second kappa shape index (κ2) is 3.28. The Morgan fingerprint density at radius 3 is 2.61 bits per heavy atom. The van der Waals surface area contributed by atoms with Crippen LogP contribution in [0.15, 0.2) is 12.1 Å². The Bertz CT molecular complexity index is 581. The number of likely N-dealkylation sites (N-methyl/N-ethyl adjacent to an activating group) is 1. The zero-order chi connectivity index (χ0) is 13.1. The highest BCUT2D eigenvalue weighted by Crippen LogP contribution is 2.54. The van der Waals surface area contributed by atoms with E-state index in [1.54, 1.807) is 7.05 Å². The van der Waals surface area contributed by atoms with Crippen LogP contribution in [0.5, 0.6) is 0 Å². The number of halogens is 1. The normalized spacial score (nSPS) is 19.9. The van der Waals surface area contributed by atoms with Crippen molar-refractivity contribution in [3.8, 4) is 0 Å². The van der Waals surface area contributed by atoms with Gasteiger partial charge in [0.2, 0.25) is 11.7 Å². The lowest BCUT2D eigenvalue weighted by Crippen LogP contribution is -2.44. The van der Waals surface area contributed by atoms with Gasteiger partial charge in [-0.25, -0.2) is 0 Å². The number of hydrogen-bond acceptors (Lipinski definition) is 3. The number of amides is 1. The third kappa shape index (κ3) is 1.07. The predicted molar refractivity (Wildman–Crippen MR) is 62.0 cm³/mol. The van der Waals surface area contributed by atoms with E-state index >= 15 is 0 Å². The Morgan fingerprint density at radius 2 is 2.11 bits per heavy atom. The highest BCUT2D eigenvalue weighted by molar-refractivity contribution is 6.08. The molecule has 1 fully saturated rings. The first kappa shape index (κ1) is 11.1. The molecule has 5 nitrogen and oxygen atoms in total. The Labute approximate surface area is 102 Å². The van der Waals surface area contributed by atoms with Crippen molar-refractivity contribution in [1.29, 1.82) is 0 Å². The molecule has 1 aromatic rings. The standard InChI is InChI=1S/C12H11FN2O3/c1-14-7-3-4-8(15(17)18)10(13)9(7)12(11(14)16)5-2-6-12/h3-4H,2,5-6H2,1H3. The van der Waals surface area contributed by atoms with Gasteiger partial charge in [0.1, 0.15) is 0 Å². The maximum Gasteiger partial charge on any atom is 0.305 e. The summed E-state index contributed by atoms with van der Waals surface area (Å²) < 4.78 is 14.3. The summed E-state index contributed by atoms with van der Waals surface area (Å²) in [6, 6.07) is 2.58. The molecule has 1 aromatic carbocycles. The van der Waals surface area contributed by atoms with Crippen LogP contribution in [-0.2, 0) is 10.2 Å². The van der Waals surface area contributed by atoms with Crippen molar-refractivity contribution in [3.63, 3.8) is 0 Å². The molecular weight excluding hydrogens is 239 g/mol. The zero-order valence-corrected chi connectivity index (χ0v) is 9.77. The molecule has 0 bridgehead atoms. The van der Waals surface area contributed by atoms with E-state index in [9.17, 15) is 19.3 Å². The Morgan fingerprint density at radius 1 is 1.44 bits per heavy atom. The van der Waals surface area contributed by atoms with Gasteiger partial charge in [0.15, 0.2) is 0 Å². The number of carbonyl (C=O) groups excluding carboxylic acids is 1. The van der Waals surface area contributed by atoms with Crippen molar-refractivity contribution in [1.82, 2.24) is 0 Å². The highest BCUT2D eigenvalue weighted by atomic mass is 19.1. The maximum atomic E-state index is 14.3. The van der Waals surface area contributed by atoms with Gasteiger partial charge < -0.3 is 4.90 Å². The zero-order valence-electron chi connectivity index (χ0n) is 9.77. The molecule has 1 amide bonds. The molecule has 0 N–H and O–H groups in total. The molecule has 1 aliphatic heterocycles. The largest absolute Gasteiger partial charge is 0.314 e. The fraction of sp³-hybridized carbons (Fsp3) is 0.417. The van der Waals surface area contributed by atoms with Crippen LogP contribution in [0, 0.1) is 15.9 Å². The van der Waals surface area contributed by atoms with Crippen molar-refractivity contribution < 1.29 is 14.1 Å². The summed E-state index contributed by atoms with van der Waals surface area (Å²) in [5.74, 6) is -1.00. The Kier molecular flexibility index (Phi) is 2.03. The van der Waals surface area contributed by atoms with Gasteiger partial charge in [0.05, 0.1) is 16.0 Å². The van der Waals surface area contributed by atoms with E-state index in [4.69, 9.17) is 0 Å². The minimum absolute atomic E-state index is 0.150. The lowest BCUT2D eigenvalue weighted by molar-refractivity contribution is -0.387. The molecule has 6 heteroatoms. The first-order valence-electron chi connectivity index (χ1n) is 5.74. The molecule has 2 aliphatic rings. The summed E-state index contributed by atoms with van der Waals surface area (Å²) >= 11 is 0. The summed E-state index contributed by atoms with van der Waals surface area (Å²) in [6.45, 7) is 0. The predicted octanol–water partition coefficient (Wildman–Crippen LogP) is 2.13. The van der Waals surface area contributed by atoms with Crippen molar-refractivity contribution in [2.45, 2.75) is 24.7 Å². The first-order valence-corrected chi connectivity index (χ1v) is 5.74. The number of carbonyl (C=O) groups is 1. The molecule has 0 atom stereocenters. The summed E-state index contributed by atoms with van der Waals surface area (Å²) in [6.07, 6.45) is 1.99. The highest BCUT2D eigenvalue weighted by Gasteiger charge is 2.56. The van der Waals surface area contributed by atoms with Crippen molar-refractivity contribution >= 4 is 17.3 Å². The molecule has 18 heavy (non-hydrogen) atoms. The van der Waals surface area contributed by atoms with Gasteiger partial charge in [-0.3, -0.25) is 14.9 Å². The minimum Gasteiger partial charge on any atom is -0.314 e. The fourth-order valence-corrected chi connectivity index (χ4v) is 2.96. The van der Waals surface area contributed by atoms with Crippen LogP contribution in [-0.4, -0.2) is 17.9 Å². The number of benzene rings is 1.